The van der Waals surface area contributed by atoms with Gasteiger partial charge in [0.2, 0.25) is 0 Å². The second-order valence-electron chi connectivity index (χ2n) is 10.3. The van der Waals surface area contributed by atoms with E-state index < -0.39 is 12.5 Å². The van der Waals surface area contributed by atoms with Crippen molar-refractivity contribution in [1.82, 2.24) is 24.5 Å². The van der Waals surface area contributed by atoms with Crippen LogP contribution < -0.4 is 0 Å². The molecule has 0 bridgehead atoms. The molecule has 0 aliphatic carbocycles. The highest BCUT2D eigenvalue weighted by Crippen LogP contribution is 2.43. The molecule has 6 rings (SSSR count). The van der Waals surface area contributed by atoms with Gasteiger partial charge in [0, 0.05) is 36.1 Å². The lowest BCUT2D eigenvalue weighted by Crippen LogP contribution is -2.26. The van der Waals surface area contributed by atoms with E-state index in [2.05, 4.69) is 57.1 Å². The first-order valence-corrected chi connectivity index (χ1v) is 13.5. The first kappa shape index (κ1) is 21.4. The van der Waals surface area contributed by atoms with Gasteiger partial charge in [-0.2, -0.15) is 0 Å². The largest absolute Gasteiger partial charge is 0.381 e. The number of hydrogen-bond donors (Lipinski definition) is 1. The fourth-order valence-corrected chi connectivity index (χ4v) is 6.38. The van der Waals surface area contributed by atoms with Gasteiger partial charge in [-0.25, -0.2) is 4.68 Å². The summed E-state index contributed by atoms with van der Waals surface area (Å²) in [5, 5.41) is 18.2. The Morgan fingerprint density at radius 3 is 2.71 bits per heavy atom. The highest BCUT2D eigenvalue weighted by atomic mass is 32.1. The van der Waals surface area contributed by atoms with E-state index in [0.717, 1.165) is 39.0 Å². The van der Waals surface area contributed by atoms with Crippen molar-refractivity contribution in [2.45, 2.75) is 45.2 Å². The molecule has 8 heteroatoms. The van der Waals surface area contributed by atoms with Crippen LogP contribution in [-0.2, 0) is 11.8 Å². The zero-order valence-corrected chi connectivity index (χ0v) is 22.4. The summed E-state index contributed by atoms with van der Waals surface area (Å²) in [5.74, 6) is 6.40. The third-order valence-corrected chi connectivity index (χ3v) is 8.08. The molecular weight excluding hydrogens is 494 g/mol. The standard InChI is InChI=1S/C30H31N5O2S/c1-19-27(34(4)33-32-19)22-16-24-26(31-18-22)29-25(17-23(38-29)10-13-30(2,3)36)35(24)28(20-8-6-5-7-9-20)21-11-14-37-15-12-21/h5-9,16-18,21,28,36H,11-12,14-15H2,1-4H3/t28-/m1/s1/i1D3. The van der Waals surface area contributed by atoms with Gasteiger partial charge in [-0.3, -0.25) is 4.98 Å². The third-order valence-electron chi connectivity index (χ3n) is 7.04. The topological polar surface area (TPSA) is 78.0 Å². The van der Waals surface area contributed by atoms with Crippen LogP contribution in [0, 0.1) is 24.6 Å². The van der Waals surface area contributed by atoms with Crippen LogP contribution in [0.4, 0.5) is 0 Å². The number of pyridine rings is 1. The zero-order valence-electron chi connectivity index (χ0n) is 24.6. The Balaban J connectivity index is 1.64. The summed E-state index contributed by atoms with van der Waals surface area (Å²) in [6.45, 7) is 2.33. The van der Waals surface area contributed by atoms with E-state index in [1.165, 1.54) is 10.2 Å². The normalized spacial score (nSPS) is 17.1. The molecule has 1 aliphatic rings. The minimum Gasteiger partial charge on any atom is -0.381 e. The number of thiophene rings is 1. The number of benzene rings is 1. The SMILES string of the molecule is [2H]C([2H])([2H])c1nnn(C)c1-c1cnc2c3sc(C#CC(C)(C)O)cc3n([C@H](c3ccccc3)C3CCOCC3)c2c1. The summed E-state index contributed by atoms with van der Waals surface area (Å²) in [4.78, 5) is 5.75. The summed E-state index contributed by atoms with van der Waals surface area (Å²) in [5.41, 5.74) is 3.84. The molecular formula is C30H31N5O2S. The van der Waals surface area contributed by atoms with Gasteiger partial charge in [-0.05, 0) is 57.2 Å². The number of ether oxygens (including phenoxy) is 1. The molecule has 0 amide bonds. The van der Waals surface area contributed by atoms with Crippen molar-refractivity contribution < 1.29 is 14.0 Å². The number of aromatic nitrogens is 5. The molecule has 1 fully saturated rings. The number of aryl methyl sites for hydroxylation is 2. The predicted octanol–water partition coefficient (Wildman–Crippen LogP) is 5.49. The summed E-state index contributed by atoms with van der Waals surface area (Å²) in [6, 6.07) is 14.6. The van der Waals surface area contributed by atoms with Crippen LogP contribution in [0.5, 0.6) is 0 Å². The molecule has 1 atom stereocenters. The molecule has 0 spiro atoms. The van der Waals surface area contributed by atoms with Crippen LogP contribution in [-0.4, -0.2) is 48.5 Å². The predicted molar refractivity (Wildman–Crippen MR) is 151 cm³/mol. The molecule has 0 radical (unpaired) electrons. The number of rotatable bonds is 4. The minimum absolute atomic E-state index is 0.00593. The first-order chi connectivity index (χ1) is 19.5. The Kier molecular flexibility index (Phi) is 5.45. The maximum atomic E-state index is 10.2. The second-order valence-corrected chi connectivity index (χ2v) is 11.4. The summed E-state index contributed by atoms with van der Waals surface area (Å²) < 4.78 is 34.6. The van der Waals surface area contributed by atoms with Crippen LogP contribution in [0.15, 0.2) is 48.7 Å². The molecule has 5 heterocycles. The van der Waals surface area contributed by atoms with Crippen molar-refractivity contribution in [3.05, 3.63) is 64.8 Å². The highest BCUT2D eigenvalue weighted by Gasteiger charge is 2.31. The Morgan fingerprint density at radius 1 is 1.18 bits per heavy atom. The van der Waals surface area contributed by atoms with Crippen molar-refractivity contribution in [3.63, 3.8) is 0 Å². The average Bonchev–Trinajstić information content (AvgIpc) is 3.61. The van der Waals surface area contributed by atoms with Gasteiger partial charge in [0.15, 0.2) is 0 Å². The third kappa shape index (κ3) is 4.51. The Morgan fingerprint density at radius 2 is 1.97 bits per heavy atom. The van der Waals surface area contributed by atoms with Gasteiger partial charge in [0.05, 0.1) is 38.0 Å². The van der Waals surface area contributed by atoms with Crippen LogP contribution >= 0.6 is 11.3 Å². The van der Waals surface area contributed by atoms with Crippen LogP contribution in [0.2, 0.25) is 0 Å². The van der Waals surface area contributed by atoms with Crippen LogP contribution in [0.25, 0.3) is 32.5 Å². The Labute approximate surface area is 230 Å². The molecule has 1 saturated heterocycles. The summed E-state index contributed by atoms with van der Waals surface area (Å²) >= 11 is 1.55. The molecule has 5 aromatic rings. The number of fused-ring (bicyclic) bond motifs is 3. The monoisotopic (exact) mass is 528 g/mol. The lowest BCUT2D eigenvalue weighted by Gasteiger charge is -2.33. The fourth-order valence-electron chi connectivity index (χ4n) is 5.37. The second kappa shape index (κ2) is 9.66. The quantitative estimate of drug-likeness (QED) is 0.312. The lowest BCUT2D eigenvalue weighted by molar-refractivity contribution is 0.0553. The first-order valence-electron chi connectivity index (χ1n) is 14.2. The molecule has 194 valence electrons. The van der Waals surface area contributed by atoms with Gasteiger partial charge < -0.3 is 14.4 Å². The fraction of sp³-hybridized carbons (Fsp3) is 0.367. The number of aliphatic hydroxyl groups is 1. The van der Waals surface area contributed by atoms with Crippen LogP contribution in [0.3, 0.4) is 0 Å². The van der Waals surface area contributed by atoms with E-state index in [4.69, 9.17) is 13.8 Å². The average molecular weight is 529 g/mol. The highest BCUT2D eigenvalue weighted by molar-refractivity contribution is 7.20. The lowest BCUT2D eigenvalue weighted by atomic mass is 9.86. The van der Waals surface area contributed by atoms with Gasteiger partial charge in [-0.1, -0.05) is 47.4 Å². The molecule has 38 heavy (non-hydrogen) atoms. The van der Waals surface area contributed by atoms with Crippen molar-refractivity contribution >= 4 is 32.6 Å². The van der Waals surface area contributed by atoms with Gasteiger partial charge in [0.25, 0.3) is 0 Å². The number of nitrogens with zero attached hydrogens (tertiary/aromatic N) is 5. The smallest absolute Gasteiger partial charge is 0.120 e. The minimum atomic E-state index is -2.41. The molecule has 7 nitrogen and oxygen atoms in total. The molecule has 4 aromatic heterocycles. The van der Waals surface area contributed by atoms with E-state index in [0.29, 0.717) is 30.4 Å². The van der Waals surface area contributed by atoms with Crippen molar-refractivity contribution in [2.24, 2.45) is 13.0 Å². The van der Waals surface area contributed by atoms with Crippen molar-refractivity contribution in [1.29, 1.82) is 0 Å². The summed E-state index contributed by atoms with van der Waals surface area (Å²) in [6.07, 6.45) is 3.53. The van der Waals surface area contributed by atoms with Gasteiger partial charge >= 0.3 is 0 Å². The molecule has 1 aliphatic heterocycles. The van der Waals surface area contributed by atoms with E-state index >= 15 is 0 Å². The zero-order chi connectivity index (χ0) is 28.9. The summed E-state index contributed by atoms with van der Waals surface area (Å²) in [7, 11) is 1.70. The maximum Gasteiger partial charge on any atom is 0.120 e. The van der Waals surface area contributed by atoms with E-state index in [1.807, 2.05) is 12.1 Å². The number of hydrogen-bond acceptors (Lipinski definition) is 6. The van der Waals surface area contributed by atoms with E-state index in [-0.39, 0.29) is 11.7 Å². The maximum absolute atomic E-state index is 10.2. The molecule has 1 aromatic carbocycles. The van der Waals surface area contributed by atoms with Crippen molar-refractivity contribution in [2.75, 3.05) is 13.2 Å². The molecule has 0 unspecified atom stereocenters. The van der Waals surface area contributed by atoms with Crippen molar-refractivity contribution in [3.8, 4) is 23.1 Å². The molecule has 0 saturated carbocycles. The molecule has 1 N–H and O–H groups in total. The van der Waals surface area contributed by atoms with Gasteiger partial charge in [0.1, 0.15) is 11.1 Å². The van der Waals surface area contributed by atoms with Crippen LogP contribution in [0.1, 0.15) is 53.0 Å². The Bertz CT molecular complexity index is 1780. The van der Waals surface area contributed by atoms with E-state index in [9.17, 15) is 5.11 Å². The van der Waals surface area contributed by atoms with E-state index in [1.54, 1.807) is 38.4 Å². The van der Waals surface area contributed by atoms with Gasteiger partial charge in [-0.15, -0.1) is 16.4 Å². The Hall–Kier alpha value is -3.51.